The fourth-order valence-electron chi connectivity index (χ4n) is 0.688. The molecule has 0 aromatic heterocycles. The van der Waals surface area contributed by atoms with E-state index in [9.17, 15) is 21.6 Å². The van der Waals surface area contributed by atoms with E-state index in [-0.39, 0.29) is 6.42 Å². The summed E-state index contributed by atoms with van der Waals surface area (Å²) in [6.45, 7) is -0.513. The van der Waals surface area contributed by atoms with Crippen molar-refractivity contribution in [2.75, 3.05) is 13.2 Å². The highest BCUT2D eigenvalue weighted by molar-refractivity contribution is 7.87. The Labute approximate surface area is 85.9 Å². The minimum Gasteiger partial charge on any atom is -0.395 e. The maximum atomic E-state index is 11.7. The summed E-state index contributed by atoms with van der Waals surface area (Å²) < 4.78 is 60.2. The van der Waals surface area contributed by atoms with Crippen LogP contribution in [0.25, 0.3) is 0 Å². The van der Waals surface area contributed by atoms with Crippen molar-refractivity contribution in [2.45, 2.75) is 25.6 Å². The molecule has 5 nitrogen and oxygen atoms in total. The predicted molar refractivity (Wildman–Crippen MR) is 47.3 cm³/mol. The molecule has 1 atom stereocenters. The van der Waals surface area contributed by atoms with Crippen LogP contribution in [-0.4, -0.2) is 38.9 Å². The van der Waals surface area contributed by atoms with Crippen LogP contribution < -0.4 is 9.44 Å². The van der Waals surface area contributed by atoms with E-state index in [1.807, 2.05) is 4.72 Å². The molecular formula is C6H13F3N2O3S. The van der Waals surface area contributed by atoms with Gasteiger partial charge in [-0.15, -0.1) is 0 Å². The van der Waals surface area contributed by atoms with Gasteiger partial charge < -0.3 is 5.11 Å². The van der Waals surface area contributed by atoms with Crippen LogP contribution in [0, 0.1) is 0 Å². The summed E-state index contributed by atoms with van der Waals surface area (Å²) in [4.78, 5) is 0. The SMILES string of the molecule is CC[C@@H](CO)NS(=O)(=O)NCC(F)(F)F. The Bertz CT molecular complexity index is 274. The number of aliphatic hydroxyl groups excluding tert-OH is 1. The summed E-state index contributed by atoms with van der Waals surface area (Å²) in [6.07, 6.45) is -4.32. The van der Waals surface area contributed by atoms with Gasteiger partial charge in [0, 0.05) is 6.04 Å². The summed E-state index contributed by atoms with van der Waals surface area (Å²) in [6, 6.07) is -0.782. The van der Waals surface area contributed by atoms with E-state index in [1.54, 1.807) is 6.92 Å². The van der Waals surface area contributed by atoms with E-state index < -0.39 is 35.6 Å². The third-order valence-electron chi connectivity index (χ3n) is 1.50. The van der Waals surface area contributed by atoms with Crippen LogP contribution in [0.1, 0.15) is 13.3 Å². The molecule has 3 N–H and O–H groups in total. The van der Waals surface area contributed by atoms with E-state index >= 15 is 0 Å². The lowest BCUT2D eigenvalue weighted by Crippen LogP contribution is -2.46. The summed E-state index contributed by atoms with van der Waals surface area (Å²) in [5, 5.41) is 8.64. The highest BCUT2D eigenvalue weighted by atomic mass is 32.2. The monoisotopic (exact) mass is 250 g/mol. The molecular weight excluding hydrogens is 237 g/mol. The van der Waals surface area contributed by atoms with Gasteiger partial charge >= 0.3 is 6.18 Å². The van der Waals surface area contributed by atoms with Gasteiger partial charge in [0.25, 0.3) is 10.2 Å². The van der Waals surface area contributed by atoms with Gasteiger partial charge in [0.2, 0.25) is 0 Å². The number of rotatable bonds is 6. The van der Waals surface area contributed by atoms with Gasteiger partial charge in [-0.3, -0.25) is 0 Å². The van der Waals surface area contributed by atoms with Gasteiger partial charge in [-0.05, 0) is 6.42 Å². The first-order chi connectivity index (χ1) is 6.70. The average Bonchev–Trinajstić information content (AvgIpc) is 2.10. The molecule has 15 heavy (non-hydrogen) atoms. The highest BCUT2D eigenvalue weighted by Gasteiger charge is 2.29. The van der Waals surface area contributed by atoms with Gasteiger partial charge in [0.05, 0.1) is 6.61 Å². The third kappa shape index (κ3) is 7.54. The molecule has 0 aliphatic heterocycles. The summed E-state index contributed by atoms with van der Waals surface area (Å²) in [5.41, 5.74) is 0. The second-order valence-electron chi connectivity index (χ2n) is 2.85. The van der Waals surface area contributed by atoms with Crippen LogP contribution in [0.15, 0.2) is 0 Å². The molecule has 0 radical (unpaired) electrons. The van der Waals surface area contributed by atoms with Gasteiger partial charge in [-0.25, -0.2) is 0 Å². The smallest absolute Gasteiger partial charge is 0.395 e. The van der Waals surface area contributed by atoms with Crippen LogP contribution in [0.4, 0.5) is 13.2 Å². The van der Waals surface area contributed by atoms with Crippen molar-refractivity contribution in [3.8, 4) is 0 Å². The fourth-order valence-corrected chi connectivity index (χ4v) is 1.80. The molecule has 0 spiro atoms. The lowest BCUT2D eigenvalue weighted by molar-refractivity contribution is -0.121. The van der Waals surface area contributed by atoms with Crippen molar-refractivity contribution in [1.29, 1.82) is 0 Å². The van der Waals surface area contributed by atoms with Gasteiger partial charge in [0.1, 0.15) is 6.54 Å². The van der Waals surface area contributed by atoms with E-state index in [1.165, 1.54) is 4.72 Å². The van der Waals surface area contributed by atoms with Crippen LogP contribution in [0.2, 0.25) is 0 Å². The molecule has 0 amide bonds. The molecule has 0 unspecified atom stereocenters. The van der Waals surface area contributed by atoms with Gasteiger partial charge in [-0.2, -0.15) is 31.0 Å². The molecule has 92 valence electrons. The Hall–Kier alpha value is -0.380. The number of hydrogen-bond donors (Lipinski definition) is 3. The van der Waals surface area contributed by atoms with Crippen LogP contribution in [0.3, 0.4) is 0 Å². The van der Waals surface area contributed by atoms with Gasteiger partial charge in [-0.1, -0.05) is 6.92 Å². The van der Waals surface area contributed by atoms with Crippen molar-refractivity contribution < 1.29 is 26.7 Å². The molecule has 0 rings (SSSR count). The maximum absolute atomic E-state index is 11.7. The Morgan fingerprint density at radius 1 is 1.40 bits per heavy atom. The average molecular weight is 250 g/mol. The Morgan fingerprint density at radius 2 is 1.93 bits per heavy atom. The topological polar surface area (TPSA) is 78.4 Å². The molecule has 0 aromatic carbocycles. The highest BCUT2D eigenvalue weighted by Crippen LogP contribution is 2.12. The molecule has 0 aliphatic rings. The molecule has 0 heterocycles. The van der Waals surface area contributed by atoms with Crippen LogP contribution >= 0.6 is 0 Å². The maximum Gasteiger partial charge on any atom is 0.402 e. The van der Waals surface area contributed by atoms with Crippen molar-refractivity contribution in [1.82, 2.24) is 9.44 Å². The normalized spacial score (nSPS) is 15.3. The van der Waals surface area contributed by atoms with Crippen molar-refractivity contribution in [3.05, 3.63) is 0 Å². The largest absolute Gasteiger partial charge is 0.402 e. The molecule has 0 saturated carbocycles. The minimum absolute atomic E-state index is 0.281. The van der Waals surface area contributed by atoms with Crippen molar-refractivity contribution >= 4 is 10.2 Å². The van der Waals surface area contributed by atoms with Gasteiger partial charge in [0.15, 0.2) is 0 Å². The first kappa shape index (κ1) is 14.6. The zero-order valence-electron chi connectivity index (χ0n) is 8.00. The summed E-state index contributed by atoms with van der Waals surface area (Å²) in [5.74, 6) is 0. The summed E-state index contributed by atoms with van der Waals surface area (Å²) >= 11 is 0. The second kappa shape index (κ2) is 5.64. The minimum atomic E-state index is -4.60. The predicted octanol–water partition coefficient (Wildman–Crippen LogP) is -0.256. The molecule has 0 aromatic rings. The third-order valence-corrected chi connectivity index (χ3v) is 2.67. The number of alkyl halides is 3. The molecule has 0 aliphatic carbocycles. The zero-order valence-corrected chi connectivity index (χ0v) is 8.82. The van der Waals surface area contributed by atoms with E-state index in [0.717, 1.165) is 0 Å². The van der Waals surface area contributed by atoms with Crippen molar-refractivity contribution in [2.24, 2.45) is 0 Å². The molecule has 9 heteroatoms. The van der Waals surface area contributed by atoms with Crippen molar-refractivity contribution in [3.63, 3.8) is 0 Å². The second-order valence-corrected chi connectivity index (χ2v) is 4.38. The molecule has 0 saturated heterocycles. The Morgan fingerprint density at radius 3 is 2.27 bits per heavy atom. The van der Waals surface area contributed by atoms with Crippen LogP contribution in [0.5, 0.6) is 0 Å². The first-order valence-corrected chi connectivity index (χ1v) is 5.63. The number of halogens is 3. The fraction of sp³-hybridized carbons (Fsp3) is 1.00. The Balaban J connectivity index is 4.20. The number of nitrogens with one attached hydrogen (secondary N) is 2. The Kier molecular flexibility index (Phi) is 5.49. The van der Waals surface area contributed by atoms with E-state index in [2.05, 4.69) is 0 Å². The quantitative estimate of drug-likeness (QED) is 0.608. The lowest BCUT2D eigenvalue weighted by Gasteiger charge is -2.15. The standard InChI is InChI=1S/C6H13F3N2O3S/c1-2-5(3-12)11-15(13,14)10-4-6(7,8)9/h5,10-12H,2-4H2,1H3/t5-/m0/s1. The number of hydrogen-bond acceptors (Lipinski definition) is 3. The zero-order chi connectivity index (χ0) is 12.1. The van der Waals surface area contributed by atoms with E-state index in [4.69, 9.17) is 5.11 Å². The first-order valence-electron chi connectivity index (χ1n) is 4.14. The lowest BCUT2D eigenvalue weighted by atomic mass is 10.3. The van der Waals surface area contributed by atoms with Crippen LogP contribution in [-0.2, 0) is 10.2 Å². The number of aliphatic hydroxyl groups is 1. The molecule has 0 bridgehead atoms. The van der Waals surface area contributed by atoms with E-state index in [0.29, 0.717) is 0 Å². The summed E-state index contributed by atoms with van der Waals surface area (Å²) in [7, 11) is -4.22. The molecule has 0 fully saturated rings.